The summed E-state index contributed by atoms with van der Waals surface area (Å²) in [5.41, 5.74) is 3.02. The lowest BCUT2D eigenvalue weighted by Crippen LogP contribution is -2.35. The number of nitrogens with zero attached hydrogens (tertiary/aromatic N) is 4. The summed E-state index contributed by atoms with van der Waals surface area (Å²) in [6.07, 6.45) is -3.23. The molecule has 0 spiro atoms. The minimum Gasteiger partial charge on any atom is -0.318 e. The molecule has 0 aliphatic carbocycles. The molecule has 4 rings (SSSR count). The van der Waals surface area contributed by atoms with Crippen LogP contribution >= 0.6 is 23.4 Å². The lowest BCUT2D eigenvalue weighted by Gasteiger charge is -2.20. The van der Waals surface area contributed by atoms with Gasteiger partial charge in [0.05, 0.1) is 5.57 Å². The van der Waals surface area contributed by atoms with Crippen LogP contribution in [0.3, 0.4) is 0 Å². The van der Waals surface area contributed by atoms with Gasteiger partial charge in [0.1, 0.15) is 0 Å². The first-order chi connectivity index (χ1) is 14.1. The number of hydrogen-bond donors (Lipinski definition) is 1. The Bertz CT molecular complexity index is 1180. The number of alkyl halides is 3. The van der Waals surface area contributed by atoms with Crippen LogP contribution < -0.4 is 0 Å². The van der Waals surface area contributed by atoms with Gasteiger partial charge in [-0.1, -0.05) is 11.6 Å². The maximum Gasteiger partial charge on any atom is 0.441 e. The van der Waals surface area contributed by atoms with Gasteiger partial charge in [-0.05, 0) is 67.6 Å². The lowest BCUT2D eigenvalue weighted by molar-refractivity contribution is -0.114. The third kappa shape index (κ3) is 3.46. The van der Waals surface area contributed by atoms with Crippen molar-refractivity contribution in [1.82, 2.24) is 9.58 Å². The second-order valence-electron chi connectivity index (χ2n) is 6.56. The van der Waals surface area contributed by atoms with E-state index in [0.717, 1.165) is 22.1 Å². The first-order valence-electron chi connectivity index (χ1n) is 8.58. The first-order valence-corrected chi connectivity index (χ1v) is 9.78. The normalized spacial score (nSPS) is 18.1. The van der Waals surface area contributed by atoms with Gasteiger partial charge in [0.25, 0.3) is 5.91 Å². The van der Waals surface area contributed by atoms with Crippen molar-refractivity contribution in [3.63, 3.8) is 0 Å². The smallest absolute Gasteiger partial charge is 0.318 e. The largest absolute Gasteiger partial charge is 0.441 e. The topological polar surface area (TPSA) is 73.8 Å². The number of fused-ring (bicyclic) bond motifs is 1. The molecule has 0 radical (unpaired) electrons. The molecule has 2 aliphatic heterocycles. The molecule has 0 saturated carbocycles. The Kier molecular flexibility index (Phi) is 4.86. The number of hydrazone groups is 1. The Hall–Kier alpha value is -2.85. The van der Waals surface area contributed by atoms with Crippen molar-refractivity contribution < 1.29 is 18.0 Å². The highest BCUT2D eigenvalue weighted by Gasteiger charge is 2.46. The fourth-order valence-electron chi connectivity index (χ4n) is 3.18. The molecule has 0 unspecified atom stereocenters. The zero-order chi connectivity index (χ0) is 21.8. The third-order valence-electron chi connectivity index (χ3n) is 4.55. The number of amidine groups is 2. The lowest BCUT2D eigenvalue weighted by atomic mass is 10.1. The van der Waals surface area contributed by atoms with Crippen LogP contribution in [0.2, 0.25) is 5.02 Å². The number of aliphatic imine (C=N–C) groups is 1. The summed E-state index contributed by atoms with van der Waals surface area (Å²) in [7, 11) is 0. The summed E-state index contributed by atoms with van der Waals surface area (Å²) in [6.45, 7) is 3.72. The number of rotatable bonds is 2. The number of carbonyl (C=O) groups is 1. The minimum absolute atomic E-state index is 0.136. The maximum absolute atomic E-state index is 12.9. The molecule has 0 fully saturated rings. The molecule has 2 aromatic rings. The molecular formula is C19H13ClF3N5OS. The molecule has 30 heavy (non-hydrogen) atoms. The Balaban J connectivity index is 1.74. The Morgan fingerprint density at radius 1 is 1.20 bits per heavy atom. The van der Waals surface area contributed by atoms with E-state index in [4.69, 9.17) is 17.0 Å². The molecule has 1 amide bonds. The van der Waals surface area contributed by atoms with E-state index in [9.17, 15) is 18.0 Å². The average molecular weight is 452 g/mol. The highest BCUT2D eigenvalue weighted by Crippen LogP contribution is 2.35. The highest BCUT2D eigenvalue weighted by atomic mass is 35.5. The van der Waals surface area contributed by atoms with Gasteiger partial charge in [-0.15, -0.1) is 0 Å². The Morgan fingerprint density at radius 3 is 2.50 bits per heavy atom. The van der Waals surface area contributed by atoms with Gasteiger partial charge in [-0.2, -0.15) is 28.3 Å². The standard InChI is InChI=1S/C19H13ClF3N5OS/c1-9-7-11(10(2)27(9)13-5-3-12(20)4-6-13)8-14-15(24)28-18(25-16(14)29)30-17(26-28)19(21,22)23/h3-8,24H,1-2H3/b14-8-,24-15?. The van der Waals surface area contributed by atoms with E-state index in [1.165, 1.54) is 6.08 Å². The van der Waals surface area contributed by atoms with Gasteiger partial charge in [-0.3, -0.25) is 10.2 Å². The molecule has 2 aliphatic rings. The molecule has 0 saturated heterocycles. The van der Waals surface area contributed by atoms with Gasteiger partial charge in [0.2, 0.25) is 10.2 Å². The summed E-state index contributed by atoms with van der Waals surface area (Å²) in [4.78, 5) is 16.1. The van der Waals surface area contributed by atoms with Crippen LogP contribution in [0, 0.1) is 19.3 Å². The molecule has 1 N–H and O–H groups in total. The molecule has 1 aromatic carbocycles. The van der Waals surface area contributed by atoms with Crippen LogP contribution in [0.15, 0.2) is 46.0 Å². The summed E-state index contributed by atoms with van der Waals surface area (Å²) in [5, 5.41) is 11.5. The average Bonchev–Trinajstić information content (AvgIpc) is 3.21. The SMILES string of the molecule is Cc1cc(/C=C2/C(=N)N3N=C(C(F)(F)F)SC3=NC2=O)c(C)n1-c1ccc(Cl)cc1. The van der Waals surface area contributed by atoms with Gasteiger partial charge in [0.15, 0.2) is 5.84 Å². The summed E-state index contributed by atoms with van der Waals surface area (Å²) in [6, 6.07) is 9.02. The number of nitrogens with one attached hydrogen (secondary N) is 1. The number of thioether (sulfide) groups is 1. The number of aryl methyl sites for hydroxylation is 1. The number of carbonyl (C=O) groups excluding carboxylic acids is 1. The van der Waals surface area contributed by atoms with E-state index in [1.807, 2.05) is 36.6 Å². The van der Waals surface area contributed by atoms with Crippen molar-refractivity contribution in [2.45, 2.75) is 20.0 Å². The van der Waals surface area contributed by atoms with Gasteiger partial charge >= 0.3 is 6.18 Å². The van der Waals surface area contributed by atoms with E-state index in [2.05, 4.69) is 10.1 Å². The fourth-order valence-corrected chi connectivity index (χ4v) is 4.07. The van der Waals surface area contributed by atoms with Crippen LogP contribution in [0.1, 0.15) is 17.0 Å². The van der Waals surface area contributed by atoms with Crippen molar-refractivity contribution in [3.8, 4) is 5.69 Å². The van der Waals surface area contributed by atoms with Crippen molar-refractivity contribution in [3.05, 3.63) is 57.9 Å². The number of halogens is 4. The van der Waals surface area contributed by atoms with Crippen LogP contribution in [-0.4, -0.2) is 37.7 Å². The minimum atomic E-state index is -4.68. The predicted octanol–water partition coefficient (Wildman–Crippen LogP) is 4.93. The zero-order valence-electron chi connectivity index (χ0n) is 15.6. The molecule has 11 heteroatoms. The van der Waals surface area contributed by atoms with E-state index in [-0.39, 0.29) is 22.5 Å². The summed E-state index contributed by atoms with van der Waals surface area (Å²) in [5.74, 6) is -1.23. The van der Waals surface area contributed by atoms with Gasteiger partial charge in [-0.25, -0.2) is 0 Å². The van der Waals surface area contributed by atoms with Crippen LogP contribution in [0.25, 0.3) is 11.8 Å². The molecule has 0 atom stereocenters. The van der Waals surface area contributed by atoms with Crippen molar-refractivity contribution in [1.29, 1.82) is 5.41 Å². The Morgan fingerprint density at radius 2 is 1.87 bits per heavy atom. The zero-order valence-corrected chi connectivity index (χ0v) is 17.2. The second kappa shape index (κ2) is 7.13. The molecule has 1 aromatic heterocycles. The quantitative estimate of drug-likeness (QED) is 0.658. The molecule has 6 nitrogen and oxygen atoms in total. The van der Waals surface area contributed by atoms with Gasteiger partial charge in [0, 0.05) is 22.1 Å². The number of benzene rings is 1. The van der Waals surface area contributed by atoms with E-state index in [0.29, 0.717) is 10.6 Å². The number of amides is 1. The summed E-state index contributed by atoms with van der Waals surface area (Å²) >= 11 is 6.17. The van der Waals surface area contributed by atoms with Gasteiger partial charge < -0.3 is 4.57 Å². The molecule has 154 valence electrons. The summed E-state index contributed by atoms with van der Waals surface area (Å²) < 4.78 is 40.8. The first kappa shape index (κ1) is 20.4. The van der Waals surface area contributed by atoms with Crippen LogP contribution in [0.4, 0.5) is 13.2 Å². The Labute approximate surface area is 178 Å². The van der Waals surface area contributed by atoms with E-state index < -0.39 is 23.0 Å². The van der Waals surface area contributed by atoms with Crippen molar-refractivity contribution >= 4 is 51.4 Å². The fraction of sp³-hybridized carbons (Fsp3) is 0.158. The molecule has 0 bridgehead atoms. The third-order valence-corrected chi connectivity index (χ3v) is 5.76. The van der Waals surface area contributed by atoms with E-state index >= 15 is 0 Å². The number of hydrogen-bond acceptors (Lipinski definition) is 4. The second-order valence-corrected chi connectivity index (χ2v) is 7.95. The molecular weight excluding hydrogens is 439 g/mol. The molecule has 3 heterocycles. The maximum atomic E-state index is 12.9. The highest BCUT2D eigenvalue weighted by molar-refractivity contribution is 8.27. The van der Waals surface area contributed by atoms with Crippen LogP contribution in [0.5, 0.6) is 0 Å². The van der Waals surface area contributed by atoms with Crippen molar-refractivity contribution in [2.75, 3.05) is 0 Å². The predicted molar refractivity (Wildman–Crippen MR) is 111 cm³/mol. The van der Waals surface area contributed by atoms with E-state index in [1.54, 1.807) is 12.1 Å². The number of aromatic nitrogens is 1. The van der Waals surface area contributed by atoms with Crippen LogP contribution in [-0.2, 0) is 4.79 Å². The van der Waals surface area contributed by atoms with Crippen molar-refractivity contribution in [2.24, 2.45) is 10.1 Å². The monoisotopic (exact) mass is 451 g/mol.